The van der Waals surface area contributed by atoms with Crippen LogP contribution in [-0.2, 0) is 4.79 Å². The molecule has 1 atom stereocenters. The van der Waals surface area contributed by atoms with Crippen LogP contribution in [0.25, 0.3) is 0 Å². The topological polar surface area (TPSA) is 77.8 Å². The summed E-state index contributed by atoms with van der Waals surface area (Å²) in [6, 6.07) is 0. The maximum Gasteiger partial charge on any atom is 0.455 e. The van der Waals surface area contributed by atoms with E-state index in [9.17, 15) is 4.79 Å². The molecule has 0 aliphatic carbocycles. The van der Waals surface area contributed by atoms with Crippen molar-refractivity contribution in [2.45, 2.75) is 19.2 Å². The Morgan fingerprint density at radius 1 is 1.58 bits per heavy atom. The van der Waals surface area contributed by atoms with Crippen molar-refractivity contribution in [3.8, 4) is 0 Å². The molecule has 0 heterocycles. The van der Waals surface area contributed by atoms with Crippen LogP contribution < -0.4 is 0 Å². The summed E-state index contributed by atoms with van der Waals surface area (Å²) in [6.45, 7) is 1.71. The van der Waals surface area contributed by atoms with Crippen molar-refractivity contribution in [3.05, 3.63) is 0 Å². The van der Waals surface area contributed by atoms with Crippen LogP contribution >= 0.6 is 11.8 Å². The minimum atomic E-state index is -1.30. The predicted octanol–water partition coefficient (Wildman–Crippen LogP) is 0.0572. The fraction of sp³-hybridized carbons (Fsp3) is 0.833. The monoisotopic (exact) mass is 192 g/mol. The van der Waals surface area contributed by atoms with Crippen LogP contribution in [0.1, 0.15) is 13.3 Å². The largest absolute Gasteiger partial charge is 0.481 e. The summed E-state index contributed by atoms with van der Waals surface area (Å²) in [5.41, 5.74) is 0. The van der Waals surface area contributed by atoms with Gasteiger partial charge in [-0.05, 0) is 11.6 Å². The number of carbonyl (C=O) groups is 1. The summed E-state index contributed by atoms with van der Waals surface area (Å²) in [5.74, 6) is 0.0700. The Kier molecular flexibility index (Phi) is 6.23. The van der Waals surface area contributed by atoms with Crippen molar-refractivity contribution in [2.24, 2.45) is 0 Å². The number of hydrogen-bond donors (Lipinski definition) is 3. The van der Waals surface area contributed by atoms with Gasteiger partial charge in [-0.25, -0.2) is 0 Å². The van der Waals surface area contributed by atoms with Gasteiger partial charge in [0.15, 0.2) is 0 Å². The van der Waals surface area contributed by atoms with Gasteiger partial charge >= 0.3 is 13.1 Å². The highest BCUT2D eigenvalue weighted by atomic mass is 32.2. The molecular formula is C6H13BO4S. The van der Waals surface area contributed by atoms with Crippen molar-refractivity contribution < 1.29 is 19.9 Å². The van der Waals surface area contributed by atoms with Gasteiger partial charge in [-0.3, -0.25) is 4.79 Å². The van der Waals surface area contributed by atoms with Gasteiger partial charge in [0.1, 0.15) is 0 Å². The molecule has 12 heavy (non-hydrogen) atoms. The van der Waals surface area contributed by atoms with Crippen LogP contribution in [-0.4, -0.2) is 39.7 Å². The molecule has 0 aromatic carbocycles. The zero-order valence-corrected chi connectivity index (χ0v) is 7.75. The molecule has 3 N–H and O–H groups in total. The van der Waals surface area contributed by atoms with Crippen molar-refractivity contribution in [2.75, 3.05) is 11.5 Å². The number of aliphatic carboxylic acids is 1. The molecule has 0 aliphatic rings. The van der Waals surface area contributed by atoms with Crippen LogP contribution in [0, 0.1) is 0 Å². The predicted molar refractivity (Wildman–Crippen MR) is 49.2 cm³/mol. The third-order valence-electron chi connectivity index (χ3n) is 1.35. The normalized spacial score (nSPS) is 12.6. The van der Waals surface area contributed by atoms with Crippen molar-refractivity contribution in [1.29, 1.82) is 0 Å². The number of hydrogen-bond acceptors (Lipinski definition) is 4. The van der Waals surface area contributed by atoms with Crippen LogP contribution in [0.3, 0.4) is 0 Å². The average Bonchev–Trinajstić information content (AvgIpc) is 1.97. The Bertz CT molecular complexity index is 142. The van der Waals surface area contributed by atoms with E-state index in [0.29, 0.717) is 11.5 Å². The fourth-order valence-corrected chi connectivity index (χ4v) is 1.54. The minimum Gasteiger partial charge on any atom is -0.481 e. The maximum absolute atomic E-state index is 10.1. The molecule has 0 saturated carbocycles. The van der Waals surface area contributed by atoms with Gasteiger partial charge in [0.05, 0.1) is 6.42 Å². The van der Waals surface area contributed by atoms with Crippen LogP contribution in [0.5, 0.6) is 0 Å². The standard InChI is InChI=1S/C6H13BO4S/c1-5(7(10)11)4-12-3-2-6(8)9/h5,10-11H,2-4H2,1H3,(H,8,9). The zero-order chi connectivity index (χ0) is 9.56. The molecule has 4 nitrogen and oxygen atoms in total. The van der Waals surface area contributed by atoms with Crippen LogP contribution in [0.15, 0.2) is 0 Å². The van der Waals surface area contributed by atoms with E-state index in [0.717, 1.165) is 0 Å². The van der Waals surface area contributed by atoms with E-state index in [1.54, 1.807) is 6.92 Å². The van der Waals surface area contributed by atoms with Gasteiger partial charge in [0.25, 0.3) is 0 Å². The van der Waals surface area contributed by atoms with E-state index in [1.165, 1.54) is 11.8 Å². The van der Waals surface area contributed by atoms with Gasteiger partial charge in [0, 0.05) is 5.75 Å². The molecule has 0 aromatic heterocycles. The first kappa shape index (κ1) is 11.8. The second-order valence-electron chi connectivity index (χ2n) is 2.61. The number of carboxylic acids is 1. The van der Waals surface area contributed by atoms with Gasteiger partial charge in [-0.2, -0.15) is 11.8 Å². The summed E-state index contributed by atoms with van der Waals surface area (Å²) < 4.78 is 0. The number of rotatable bonds is 6. The molecule has 6 heteroatoms. The van der Waals surface area contributed by atoms with Gasteiger partial charge < -0.3 is 15.2 Å². The number of thioether (sulfide) groups is 1. The van der Waals surface area contributed by atoms with E-state index < -0.39 is 13.1 Å². The molecule has 0 bridgehead atoms. The molecule has 0 fully saturated rings. The summed E-state index contributed by atoms with van der Waals surface area (Å²) in [5, 5.41) is 25.6. The van der Waals surface area contributed by atoms with E-state index in [4.69, 9.17) is 15.2 Å². The highest BCUT2D eigenvalue weighted by Crippen LogP contribution is 2.14. The Labute approximate surface area is 76.1 Å². The summed E-state index contributed by atoms with van der Waals surface area (Å²) >= 11 is 1.42. The quantitative estimate of drug-likeness (QED) is 0.409. The first-order valence-electron chi connectivity index (χ1n) is 3.69. The summed E-state index contributed by atoms with van der Waals surface area (Å²) in [7, 11) is -1.30. The highest BCUT2D eigenvalue weighted by molar-refractivity contribution is 7.99. The van der Waals surface area contributed by atoms with Gasteiger partial charge in [0.2, 0.25) is 0 Å². The van der Waals surface area contributed by atoms with E-state index >= 15 is 0 Å². The lowest BCUT2D eigenvalue weighted by Crippen LogP contribution is -2.19. The van der Waals surface area contributed by atoms with Crippen molar-refractivity contribution in [1.82, 2.24) is 0 Å². The fourth-order valence-electron chi connectivity index (χ4n) is 0.515. The summed E-state index contributed by atoms with van der Waals surface area (Å²) in [4.78, 5) is 10.1. The smallest absolute Gasteiger partial charge is 0.455 e. The lowest BCUT2D eigenvalue weighted by molar-refractivity contribution is -0.136. The molecule has 0 amide bonds. The van der Waals surface area contributed by atoms with Crippen molar-refractivity contribution >= 4 is 24.8 Å². The zero-order valence-electron chi connectivity index (χ0n) is 6.93. The Hall–Kier alpha value is -0.195. The maximum atomic E-state index is 10.1. The van der Waals surface area contributed by atoms with E-state index in [2.05, 4.69) is 0 Å². The highest BCUT2D eigenvalue weighted by Gasteiger charge is 2.17. The molecule has 1 unspecified atom stereocenters. The van der Waals surface area contributed by atoms with Gasteiger partial charge in [-0.15, -0.1) is 0 Å². The Balaban J connectivity index is 3.25. The molecule has 0 radical (unpaired) electrons. The molecule has 0 aliphatic heterocycles. The average molecular weight is 192 g/mol. The van der Waals surface area contributed by atoms with Crippen molar-refractivity contribution in [3.63, 3.8) is 0 Å². The molecule has 0 rings (SSSR count). The summed E-state index contributed by atoms with van der Waals surface area (Å²) in [6.07, 6.45) is 0.124. The minimum absolute atomic E-state index is 0.124. The molecule has 0 saturated heterocycles. The second kappa shape index (κ2) is 6.34. The lowest BCUT2D eigenvalue weighted by atomic mass is 9.76. The van der Waals surface area contributed by atoms with Crippen LogP contribution in [0.2, 0.25) is 5.82 Å². The third-order valence-corrected chi connectivity index (χ3v) is 2.60. The van der Waals surface area contributed by atoms with E-state index in [-0.39, 0.29) is 12.2 Å². The first-order chi connectivity index (χ1) is 5.54. The SMILES string of the molecule is CC(CSCCC(=O)O)B(O)O. The molecule has 0 aromatic rings. The lowest BCUT2D eigenvalue weighted by Gasteiger charge is -2.07. The Morgan fingerprint density at radius 2 is 2.17 bits per heavy atom. The Morgan fingerprint density at radius 3 is 2.58 bits per heavy atom. The third kappa shape index (κ3) is 6.51. The molecule has 0 spiro atoms. The van der Waals surface area contributed by atoms with E-state index in [1.807, 2.05) is 0 Å². The number of carboxylic acid groups (broad SMARTS) is 1. The first-order valence-corrected chi connectivity index (χ1v) is 4.85. The second-order valence-corrected chi connectivity index (χ2v) is 3.76. The van der Waals surface area contributed by atoms with Crippen LogP contribution in [0.4, 0.5) is 0 Å². The van der Waals surface area contributed by atoms with Gasteiger partial charge in [-0.1, -0.05) is 6.92 Å². The molecular weight excluding hydrogens is 179 g/mol. The molecule has 70 valence electrons.